The molecular weight excluding hydrogens is 434 g/mol. The molecular formula is C15H23ClN3O5S3+. The molecule has 152 valence electrons. The first-order chi connectivity index (χ1) is 12.2. The number of nitrogens with zero attached hydrogens (tertiary/aromatic N) is 3. The molecule has 0 aromatic heterocycles. The van der Waals surface area contributed by atoms with Crippen LogP contribution in [0.2, 0.25) is 5.02 Å². The van der Waals surface area contributed by atoms with Crippen LogP contribution in [0.4, 0.5) is 0 Å². The van der Waals surface area contributed by atoms with E-state index in [0.717, 1.165) is 15.7 Å². The van der Waals surface area contributed by atoms with Crippen molar-refractivity contribution in [2.75, 3.05) is 47.2 Å². The van der Waals surface area contributed by atoms with E-state index in [2.05, 4.69) is 0 Å². The van der Waals surface area contributed by atoms with Crippen molar-refractivity contribution in [1.82, 2.24) is 9.21 Å². The zero-order valence-electron chi connectivity index (χ0n) is 15.9. The van der Waals surface area contributed by atoms with Gasteiger partial charge < -0.3 is 0 Å². The topological polar surface area (TPSA) is 87.0 Å². The number of thioether (sulfide) groups is 1. The Balaban J connectivity index is 2.75. The van der Waals surface area contributed by atoms with Crippen LogP contribution in [0.1, 0.15) is 5.56 Å². The molecule has 1 saturated heterocycles. The van der Waals surface area contributed by atoms with Crippen molar-refractivity contribution < 1.29 is 25.6 Å². The summed E-state index contributed by atoms with van der Waals surface area (Å²) < 4.78 is 57.6. The number of sulfonamides is 1. The van der Waals surface area contributed by atoms with E-state index >= 15 is 0 Å². The molecule has 0 radical (unpaired) electrons. The number of benzene rings is 1. The highest BCUT2D eigenvalue weighted by Gasteiger charge is 2.54. The van der Waals surface area contributed by atoms with E-state index in [1.165, 1.54) is 38.0 Å². The second kappa shape index (κ2) is 7.53. The van der Waals surface area contributed by atoms with Crippen molar-refractivity contribution >= 4 is 48.7 Å². The van der Waals surface area contributed by atoms with Gasteiger partial charge in [0.15, 0.2) is 0 Å². The third-order valence-corrected chi connectivity index (χ3v) is 8.35. The summed E-state index contributed by atoms with van der Waals surface area (Å²) in [6, 6.07) is 4.39. The normalized spacial score (nSPS) is 21.2. The Bertz CT molecular complexity index is 988. The molecule has 0 amide bonds. The van der Waals surface area contributed by atoms with E-state index in [1.54, 1.807) is 18.0 Å². The largest absolute Gasteiger partial charge is 0.310 e. The molecule has 1 aliphatic heterocycles. The molecule has 2 rings (SSSR count). The Labute approximate surface area is 169 Å². The molecule has 0 aliphatic carbocycles. The van der Waals surface area contributed by atoms with Gasteiger partial charge in [0.2, 0.25) is 10.0 Å². The quantitative estimate of drug-likeness (QED) is 0.483. The minimum Gasteiger partial charge on any atom is -0.261 e. The minimum atomic E-state index is -3.85. The smallest absolute Gasteiger partial charge is 0.261 e. The van der Waals surface area contributed by atoms with E-state index in [-0.39, 0.29) is 15.7 Å². The van der Waals surface area contributed by atoms with Crippen molar-refractivity contribution in [2.45, 2.75) is 10.6 Å². The van der Waals surface area contributed by atoms with Crippen LogP contribution in [0.15, 0.2) is 23.1 Å². The van der Waals surface area contributed by atoms with Gasteiger partial charge in [-0.1, -0.05) is 17.7 Å². The highest BCUT2D eigenvalue weighted by Crippen LogP contribution is 2.43. The third kappa shape index (κ3) is 4.28. The van der Waals surface area contributed by atoms with E-state index < -0.39 is 25.9 Å². The van der Waals surface area contributed by atoms with Gasteiger partial charge in [-0.15, -0.1) is 0 Å². The van der Waals surface area contributed by atoms with Crippen LogP contribution in [-0.2, 0) is 30.0 Å². The Kier molecular flexibility index (Phi) is 6.25. The number of halogens is 1. The number of rotatable bonds is 5. The summed E-state index contributed by atoms with van der Waals surface area (Å²) in [5, 5.41) is 0.831. The Morgan fingerprint density at radius 2 is 1.85 bits per heavy atom. The molecule has 0 saturated carbocycles. The molecule has 1 aromatic rings. The zero-order chi connectivity index (χ0) is 20.8. The zero-order valence-corrected chi connectivity index (χ0v) is 19.1. The first-order valence-corrected chi connectivity index (χ1v) is 12.4. The van der Waals surface area contributed by atoms with Crippen molar-refractivity contribution in [3.05, 3.63) is 28.8 Å². The monoisotopic (exact) mass is 456 g/mol. The molecule has 0 spiro atoms. The Morgan fingerprint density at radius 1 is 1.26 bits per heavy atom. The maximum absolute atomic E-state index is 12.6. The fraction of sp³-hybridized carbons (Fsp3) is 0.533. The molecule has 1 heterocycles. The molecule has 1 aromatic carbocycles. The van der Waals surface area contributed by atoms with Gasteiger partial charge >= 0.3 is 5.17 Å². The maximum atomic E-state index is 12.6. The standard InChI is InChI=1S/C15H23ClN3O5S3/c1-17(2)14-19(5)15(10-25-14,24-26(6,20)21)11-7-8-12(16)13(9-11)27(22,23)18(3)4/h7-9H,10H2,1-6H3/q+1. The van der Waals surface area contributed by atoms with Gasteiger partial charge in [-0.2, -0.15) is 8.42 Å². The third-order valence-electron chi connectivity index (χ3n) is 4.04. The van der Waals surface area contributed by atoms with Crippen LogP contribution >= 0.6 is 23.4 Å². The summed E-state index contributed by atoms with van der Waals surface area (Å²) in [5.74, 6) is 0.257. The number of amidine groups is 1. The van der Waals surface area contributed by atoms with Crippen LogP contribution < -0.4 is 0 Å². The van der Waals surface area contributed by atoms with Gasteiger partial charge in [0.05, 0.1) is 38.2 Å². The van der Waals surface area contributed by atoms with E-state index in [1.807, 2.05) is 18.7 Å². The highest BCUT2D eigenvalue weighted by molar-refractivity contribution is 8.14. The van der Waals surface area contributed by atoms with E-state index in [9.17, 15) is 16.8 Å². The lowest BCUT2D eigenvalue weighted by Gasteiger charge is -2.30. The lowest BCUT2D eigenvalue weighted by atomic mass is 10.0. The average Bonchev–Trinajstić information content (AvgIpc) is 2.83. The summed E-state index contributed by atoms with van der Waals surface area (Å²) in [6.45, 7) is 0. The highest BCUT2D eigenvalue weighted by atomic mass is 35.5. The van der Waals surface area contributed by atoms with E-state index in [4.69, 9.17) is 15.8 Å². The molecule has 8 nitrogen and oxygen atoms in total. The molecule has 1 unspecified atom stereocenters. The second-order valence-corrected chi connectivity index (χ2v) is 11.6. The van der Waals surface area contributed by atoms with Gasteiger partial charge in [0, 0.05) is 19.7 Å². The van der Waals surface area contributed by atoms with E-state index in [0.29, 0.717) is 5.56 Å². The summed E-state index contributed by atoms with van der Waals surface area (Å²) in [4.78, 5) is 1.58. The van der Waals surface area contributed by atoms with Crippen molar-refractivity contribution in [3.8, 4) is 0 Å². The SMILES string of the molecule is CN1C(=[N+](C)C)SCC1(OS(C)(=O)=O)c1ccc(Cl)c(S(=O)(=O)N(C)C)c1. The summed E-state index contributed by atoms with van der Waals surface area (Å²) in [7, 11) is 0.493. The van der Waals surface area contributed by atoms with Crippen molar-refractivity contribution in [1.29, 1.82) is 0 Å². The molecule has 1 aliphatic rings. The molecule has 1 fully saturated rings. The predicted octanol–water partition coefficient (Wildman–Crippen LogP) is 1.03. The van der Waals surface area contributed by atoms with Gasteiger partial charge in [-0.05, 0) is 23.9 Å². The van der Waals surface area contributed by atoms with Crippen LogP contribution in [-0.4, -0.2) is 83.0 Å². The predicted molar refractivity (Wildman–Crippen MR) is 107 cm³/mol. The lowest BCUT2D eigenvalue weighted by molar-refractivity contribution is -0.467. The second-order valence-electron chi connectivity index (χ2n) is 6.53. The summed E-state index contributed by atoms with van der Waals surface area (Å²) in [6.07, 6.45) is 0.967. The van der Waals surface area contributed by atoms with Gasteiger partial charge in [-0.25, -0.2) is 21.8 Å². The summed E-state index contributed by atoms with van der Waals surface area (Å²) in [5.41, 5.74) is -1.01. The first kappa shape index (κ1) is 22.4. The molecule has 0 bridgehead atoms. The number of hydrogen-bond acceptors (Lipinski definition) is 6. The lowest BCUT2D eigenvalue weighted by Crippen LogP contribution is -2.47. The molecule has 12 heteroatoms. The van der Waals surface area contributed by atoms with Crippen molar-refractivity contribution in [2.24, 2.45) is 0 Å². The minimum absolute atomic E-state index is 0.0482. The Morgan fingerprint density at radius 3 is 2.30 bits per heavy atom. The van der Waals surface area contributed by atoms with Crippen LogP contribution in [0.5, 0.6) is 0 Å². The molecule has 0 N–H and O–H groups in total. The van der Waals surface area contributed by atoms with Gasteiger partial charge in [0.1, 0.15) is 4.90 Å². The average molecular weight is 457 g/mol. The van der Waals surface area contributed by atoms with Crippen molar-refractivity contribution in [3.63, 3.8) is 0 Å². The van der Waals surface area contributed by atoms with Crippen LogP contribution in [0, 0.1) is 0 Å². The maximum Gasteiger partial charge on any atom is 0.310 e. The first-order valence-electron chi connectivity index (χ1n) is 7.76. The summed E-state index contributed by atoms with van der Waals surface area (Å²) >= 11 is 7.54. The molecule has 1 atom stereocenters. The van der Waals surface area contributed by atoms with Crippen LogP contribution in [0.25, 0.3) is 0 Å². The number of hydrogen-bond donors (Lipinski definition) is 0. The van der Waals surface area contributed by atoms with Crippen LogP contribution in [0.3, 0.4) is 0 Å². The fourth-order valence-corrected chi connectivity index (χ4v) is 6.32. The van der Waals surface area contributed by atoms with Gasteiger partial charge in [0.25, 0.3) is 15.8 Å². The Hall–Kier alpha value is -0.850. The molecule has 27 heavy (non-hydrogen) atoms. The van der Waals surface area contributed by atoms with Gasteiger partial charge in [-0.3, -0.25) is 4.58 Å². The fourth-order valence-electron chi connectivity index (χ4n) is 2.74.